The van der Waals surface area contributed by atoms with E-state index in [-0.39, 0.29) is 5.97 Å². The minimum Gasteiger partial charge on any atom is -0.423 e. The van der Waals surface area contributed by atoms with Crippen LogP contribution in [0.4, 0.5) is 0 Å². The maximum atomic E-state index is 12.2. The number of carbonyl (C=O) groups is 1. The molecule has 0 spiro atoms. The largest absolute Gasteiger partial charge is 0.423 e. The maximum absolute atomic E-state index is 12.2. The number of nitrogens with zero attached hydrogens (tertiary/aromatic N) is 1. The van der Waals surface area contributed by atoms with E-state index in [0.717, 1.165) is 16.7 Å². The van der Waals surface area contributed by atoms with Crippen LogP contribution in [0.5, 0.6) is 5.75 Å². The molecule has 3 heteroatoms. The van der Waals surface area contributed by atoms with Crippen molar-refractivity contribution in [2.45, 2.75) is 6.92 Å². The summed E-state index contributed by atoms with van der Waals surface area (Å²) in [6, 6.07) is 23.9. The molecule has 3 rings (SSSR count). The van der Waals surface area contributed by atoms with Crippen molar-refractivity contribution in [3.05, 3.63) is 89.5 Å². The summed E-state index contributed by atoms with van der Waals surface area (Å²) in [6.45, 7) is 2.00. The molecule has 0 aromatic heterocycles. The third-order valence-corrected chi connectivity index (χ3v) is 3.75. The average molecular weight is 313 g/mol. The number of ether oxygens (including phenoxy) is 1. The van der Waals surface area contributed by atoms with Gasteiger partial charge in [-0.2, -0.15) is 5.26 Å². The second kappa shape index (κ2) is 6.80. The Morgan fingerprint density at radius 3 is 2.33 bits per heavy atom. The Balaban J connectivity index is 1.88. The van der Waals surface area contributed by atoms with Crippen LogP contribution in [0.2, 0.25) is 0 Å². The molecule has 0 amide bonds. The number of hydrogen-bond acceptors (Lipinski definition) is 3. The lowest BCUT2D eigenvalue weighted by Crippen LogP contribution is -2.08. The van der Waals surface area contributed by atoms with Gasteiger partial charge in [0.15, 0.2) is 0 Å². The van der Waals surface area contributed by atoms with Gasteiger partial charge in [-0.25, -0.2) is 4.79 Å². The summed E-state index contributed by atoms with van der Waals surface area (Å²) in [5.74, 6) is 0.110. The predicted molar refractivity (Wildman–Crippen MR) is 92.7 cm³/mol. The molecule has 3 aromatic carbocycles. The molecule has 3 aromatic rings. The van der Waals surface area contributed by atoms with Crippen LogP contribution >= 0.6 is 0 Å². The van der Waals surface area contributed by atoms with Gasteiger partial charge in [-0.05, 0) is 60.0 Å². The number of nitriles is 1. The first kappa shape index (κ1) is 15.5. The highest BCUT2D eigenvalue weighted by Crippen LogP contribution is 2.28. The van der Waals surface area contributed by atoms with Crippen LogP contribution < -0.4 is 4.74 Å². The van der Waals surface area contributed by atoms with Crippen LogP contribution in [0.25, 0.3) is 11.1 Å². The number of carbonyl (C=O) groups excluding carboxylic acids is 1. The first-order chi connectivity index (χ1) is 11.7. The minimum absolute atomic E-state index is 0.384. The molecule has 0 bridgehead atoms. The van der Waals surface area contributed by atoms with E-state index in [1.165, 1.54) is 0 Å². The molecule has 0 unspecified atom stereocenters. The van der Waals surface area contributed by atoms with E-state index in [1.807, 2.05) is 37.3 Å². The molecular formula is C21H15NO2. The zero-order chi connectivity index (χ0) is 16.9. The van der Waals surface area contributed by atoms with E-state index in [9.17, 15) is 4.79 Å². The Labute approximate surface area is 140 Å². The standard InChI is InChI=1S/C21H15NO2/c1-15-7-12-19(24-21(23)18-5-3-2-4-6-18)13-20(15)17-10-8-16(14-22)9-11-17/h2-13H,1H3. The summed E-state index contributed by atoms with van der Waals surface area (Å²) in [7, 11) is 0. The molecule has 0 fully saturated rings. The van der Waals surface area contributed by atoms with Crippen LogP contribution in [-0.4, -0.2) is 5.97 Å². The van der Waals surface area contributed by atoms with Gasteiger partial charge in [-0.1, -0.05) is 36.4 Å². The van der Waals surface area contributed by atoms with E-state index in [0.29, 0.717) is 16.9 Å². The zero-order valence-corrected chi connectivity index (χ0v) is 13.2. The summed E-state index contributed by atoms with van der Waals surface area (Å²) in [5.41, 5.74) is 4.14. The number of aryl methyl sites for hydroxylation is 1. The van der Waals surface area contributed by atoms with Crippen molar-refractivity contribution >= 4 is 5.97 Å². The van der Waals surface area contributed by atoms with E-state index >= 15 is 0 Å². The van der Waals surface area contributed by atoms with Gasteiger partial charge >= 0.3 is 5.97 Å². The average Bonchev–Trinajstić information content (AvgIpc) is 2.64. The molecule has 116 valence electrons. The van der Waals surface area contributed by atoms with E-state index in [4.69, 9.17) is 10.00 Å². The van der Waals surface area contributed by atoms with Gasteiger partial charge in [0, 0.05) is 0 Å². The molecule has 0 atom stereocenters. The van der Waals surface area contributed by atoms with Gasteiger partial charge in [-0.15, -0.1) is 0 Å². The third kappa shape index (κ3) is 3.34. The number of esters is 1. The van der Waals surface area contributed by atoms with Crippen molar-refractivity contribution in [3.8, 4) is 22.9 Å². The van der Waals surface area contributed by atoms with Crippen LogP contribution in [0, 0.1) is 18.3 Å². The topological polar surface area (TPSA) is 50.1 Å². The Bertz CT molecular complexity index is 907. The Morgan fingerprint density at radius 1 is 0.958 bits per heavy atom. The smallest absolute Gasteiger partial charge is 0.343 e. The highest BCUT2D eigenvalue weighted by atomic mass is 16.5. The molecule has 0 saturated carbocycles. The molecule has 0 aliphatic carbocycles. The lowest BCUT2D eigenvalue weighted by Gasteiger charge is -2.10. The Hall–Kier alpha value is -3.38. The summed E-state index contributed by atoms with van der Waals surface area (Å²) in [6.07, 6.45) is 0. The molecule has 0 radical (unpaired) electrons. The van der Waals surface area contributed by atoms with Gasteiger partial charge in [0.25, 0.3) is 0 Å². The summed E-state index contributed by atoms with van der Waals surface area (Å²) in [5, 5.41) is 8.90. The molecule has 0 heterocycles. The van der Waals surface area contributed by atoms with Gasteiger partial charge in [0.1, 0.15) is 5.75 Å². The first-order valence-corrected chi connectivity index (χ1v) is 7.56. The maximum Gasteiger partial charge on any atom is 0.343 e. The van der Waals surface area contributed by atoms with Crippen LogP contribution in [-0.2, 0) is 0 Å². The van der Waals surface area contributed by atoms with E-state index in [2.05, 4.69) is 6.07 Å². The van der Waals surface area contributed by atoms with Crippen molar-refractivity contribution in [1.29, 1.82) is 5.26 Å². The molecule has 0 aliphatic rings. The minimum atomic E-state index is -0.384. The molecular weight excluding hydrogens is 298 g/mol. The second-order valence-electron chi connectivity index (χ2n) is 5.42. The molecule has 0 aliphatic heterocycles. The fourth-order valence-electron chi connectivity index (χ4n) is 2.44. The van der Waals surface area contributed by atoms with Crippen molar-refractivity contribution < 1.29 is 9.53 Å². The van der Waals surface area contributed by atoms with Crippen molar-refractivity contribution in [3.63, 3.8) is 0 Å². The first-order valence-electron chi connectivity index (χ1n) is 7.56. The summed E-state index contributed by atoms with van der Waals surface area (Å²) in [4.78, 5) is 12.2. The highest BCUT2D eigenvalue weighted by Gasteiger charge is 2.10. The lowest BCUT2D eigenvalue weighted by molar-refractivity contribution is 0.0735. The SMILES string of the molecule is Cc1ccc(OC(=O)c2ccccc2)cc1-c1ccc(C#N)cc1. The van der Waals surface area contributed by atoms with Crippen molar-refractivity contribution in [2.75, 3.05) is 0 Å². The van der Waals surface area contributed by atoms with Gasteiger partial charge in [0.05, 0.1) is 17.2 Å². The number of rotatable bonds is 3. The fraction of sp³-hybridized carbons (Fsp3) is 0.0476. The van der Waals surface area contributed by atoms with Gasteiger partial charge < -0.3 is 4.74 Å². The quantitative estimate of drug-likeness (QED) is 0.518. The Morgan fingerprint density at radius 2 is 1.67 bits per heavy atom. The van der Waals surface area contributed by atoms with Gasteiger partial charge in [0.2, 0.25) is 0 Å². The summed E-state index contributed by atoms with van der Waals surface area (Å²) >= 11 is 0. The second-order valence-corrected chi connectivity index (χ2v) is 5.42. The van der Waals surface area contributed by atoms with Crippen molar-refractivity contribution in [2.24, 2.45) is 0 Å². The highest BCUT2D eigenvalue weighted by molar-refractivity contribution is 5.91. The van der Waals surface area contributed by atoms with Crippen molar-refractivity contribution in [1.82, 2.24) is 0 Å². The van der Waals surface area contributed by atoms with E-state index in [1.54, 1.807) is 42.5 Å². The predicted octanol–water partition coefficient (Wildman–Crippen LogP) is 4.75. The van der Waals surface area contributed by atoms with Crippen LogP contribution in [0.3, 0.4) is 0 Å². The van der Waals surface area contributed by atoms with Crippen LogP contribution in [0.15, 0.2) is 72.8 Å². The lowest BCUT2D eigenvalue weighted by atomic mass is 9.99. The zero-order valence-electron chi connectivity index (χ0n) is 13.2. The van der Waals surface area contributed by atoms with E-state index < -0.39 is 0 Å². The molecule has 0 N–H and O–H groups in total. The molecule has 0 saturated heterocycles. The molecule has 24 heavy (non-hydrogen) atoms. The fourth-order valence-corrected chi connectivity index (χ4v) is 2.44. The molecule has 3 nitrogen and oxygen atoms in total. The Kier molecular flexibility index (Phi) is 4.40. The third-order valence-electron chi connectivity index (χ3n) is 3.75. The summed E-state index contributed by atoms with van der Waals surface area (Å²) < 4.78 is 5.47. The van der Waals surface area contributed by atoms with Crippen LogP contribution in [0.1, 0.15) is 21.5 Å². The van der Waals surface area contributed by atoms with Gasteiger partial charge in [-0.3, -0.25) is 0 Å². The normalized spacial score (nSPS) is 10.0. The monoisotopic (exact) mass is 313 g/mol. The number of hydrogen-bond donors (Lipinski definition) is 0. The number of benzene rings is 3.